The van der Waals surface area contributed by atoms with Gasteiger partial charge < -0.3 is 5.32 Å². The summed E-state index contributed by atoms with van der Waals surface area (Å²) in [5, 5.41) is 3.41. The fraction of sp³-hybridized carbons (Fsp3) is 0.714. The Balaban J connectivity index is 1.50. The zero-order chi connectivity index (χ0) is 11.5. The second-order valence-electron chi connectivity index (χ2n) is 5.44. The van der Waals surface area contributed by atoms with Crippen LogP contribution in [-0.4, -0.2) is 23.1 Å². The molecule has 0 atom stereocenters. The van der Waals surface area contributed by atoms with E-state index >= 15 is 0 Å². The standard InChI is InChI=1S/C14H21N3/c1(11-5-7-15-8-6-11)4-14-16-9-13(10-17-14)12-2-3-12/h9-12,15H,1-8H2. The molecule has 92 valence electrons. The van der Waals surface area contributed by atoms with Crippen molar-refractivity contribution in [1.82, 2.24) is 15.3 Å². The maximum absolute atomic E-state index is 4.50. The third-order valence-electron chi connectivity index (χ3n) is 4.01. The van der Waals surface area contributed by atoms with Gasteiger partial charge in [-0.3, -0.25) is 0 Å². The van der Waals surface area contributed by atoms with Crippen molar-refractivity contribution in [3.63, 3.8) is 0 Å². The molecule has 2 heterocycles. The van der Waals surface area contributed by atoms with E-state index in [1.54, 1.807) is 0 Å². The summed E-state index contributed by atoms with van der Waals surface area (Å²) in [7, 11) is 0. The normalized spacial score (nSPS) is 21.6. The summed E-state index contributed by atoms with van der Waals surface area (Å²) < 4.78 is 0. The zero-order valence-corrected chi connectivity index (χ0v) is 10.4. The number of aromatic nitrogens is 2. The molecule has 0 unspecified atom stereocenters. The highest BCUT2D eigenvalue weighted by Gasteiger charge is 2.24. The van der Waals surface area contributed by atoms with Gasteiger partial charge in [-0.1, -0.05) is 0 Å². The summed E-state index contributed by atoms with van der Waals surface area (Å²) >= 11 is 0. The van der Waals surface area contributed by atoms with Crippen LogP contribution in [0.1, 0.15) is 49.4 Å². The van der Waals surface area contributed by atoms with Gasteiger partial charge in [0.25, 0.3) is 0 Å². The molecular formula is C14H21N3. The minimum absolute atomic E-state index is 0.772. The first kappa shape index (κ1) is 11.1. The van der Waals surface area contributed by atoms with Gasteiger partial charge in [0.15, 0.2) is 0 Å². The number of nitrogens with one attached hydrogen (secondary N) is 1. The van der Waals surface area contributed by atoms with Gasteiger partial charge in [0.05, 0.1) is 0 Å². The van der Waals surface area contributed by atoms with Crippen LogP contribution in [0.25, 0.3) is 0 Å². The number of hydrogen-bond donors (Lipinski definition) is 1. The van der Waals surface area contributed by atoms with E-state index < -0.39 is 0 Å². The van der Waals surface area contributed by atoms with Gasteiger partial charge in [-0.15, -0.1) is 0 Å². The van der Waals surface area contributed by atoms with Gasteiger partial charge in [0, 0.05) is 18.8 Å². The van der Waals surface area contributed by atoms with Crippen molar-refractivity contribution in [2.45, 2.75) is 44.4 Å². The predicted molar refractivity (Wildman–Crippen MR) is 67.9 cm³/mol. The summed E-state index contributed by atoms with van der Waals surface area (Å²) in [6.07, 6.45) is 11.7. The van der Waals surface area contributed by atoms with Gasteiger partial charge in [0.1, 0.15) is 5.82 Å². The lowest BCUT2D eigenvalue weighted by Crippen LogP contribution is -2.28. The van der Waals surface area contributed by atoms with Crippen molar-refractivity contribution in [2.75, 3.05) is 13.1 Å². The number of piperidine rings is 1. The van der Waals surface area contributed by atoms with E-state index in [1.807, 2.05) is 12.4 Å². The molecule has 3 nitrogen and oxygen atoms in total. The molecule has 0 bridgehead atoms. The second kappa shape index (κ2) is 5.13. The summed E-state index contributed by atoms with van der Waals surface area (Å²) in [5.41, 5.74) is 1.34. The second-order valence-corrected chi connectivity index (χ2v) is 5.44. The first-order valence-corrected chi connectivity index (χ1v) is 6.93. The number of aryl methyl sites for hydroxylation is 1. The molecule has 1 aromatic rings. The Morgan fingerprint density at radius 3 is 2.41 bits per heavy atom. The number of hydrogen-bond acceptors (Lipinski definition) is 3. The summed E-state index contributed by atoms with van der Waals surface area (Å²) in [5.74, 6) is 2.68. The Bertz CT molecular complexity index is 350. The highest BCUT2D eigenvalue weighted by Crippen LogP contribution is 2.39. The fourth-order valence-corrected chi connectivity index (χ4v) is 2.62. The van der Waals surface area contributed by atoms with Crippen molar-refractivity contribution in [3.05, 3.63) is 23.8 Å². The molecule has 17 heavy (non-hydrogen) atoms. The lowest BCUT2D eigenvalue weighted by Gasteiger charge is -2.21. The molecule has 0 aromatic carbocycles. The van der Waals surface area contributed by atoms with E-state index in [2.05, 4.69) is 15.3 Å². The van der Waals surface area contributed by atoms with Gasteiger partial charge in [-0.2, -0.15) is 0 Å². The van der Waals surface area contributed by atoms with Gasteiger partial charge in [0.2, 0.25) is 0 Å². The highest BCUT2D eigenvalue weighted by atomic mass is 14.9. The van der Waals surface area contributed by atoms with Crippen molar-refractivity contribution in [1.29, 1.82) is 0 Å². The Labute approximate surface area is 103 Å². The van der Waals surface area contributed by atoms with Gasteiger partial charge >= 0.3 is 0 Å². The van der Waals surface area contributed by atoms with Crippen LogP contribution in [0.4, 0.5) is 0 Å². The molecule has 2 aliphatic rings. The molecule has 0 amide bonds. The van der Waals surface area contributed by atoms with E-state index in [0.29, 0.717) is 0 Å². The minimum atomic E-state index is 0.772. The summed E-state index contributed by atoms with van der Waals surface area (Å²) in [6, 6.07) is 0. The van der Waals surface area contributed by atoms with Crippen LogP contribution in [-0.2, 0) is 6.42 Å². The van der Waals surface area contributed by atoms with Gasteiger partial charge in [-0.05, 0) is 62.6 Å². The summed E-state index contributed by atoms with van der Waals surface area (Å²) in [6.45, 7) is 2.37. The molecule has 1 saturated heterocycles. The van der Waals surface area contributed by atoms with E-state index in [4.69, 9.17) is 0 Å². The molecule has 1 aliphatic heterocycles. The van der Waals surface area contributed by atoms with Crippen molar-refractivity contribution < 1.29 is 0 Å². The first-order chi connectivity index (χ1) is 8.42. The first-order valence-electron chi connectivity index (χ1n) is 6.93. The van der Waals surface area contributed by atoms with E-state index in [0.717, 1.165) is 24.1 Å². The molecule has 1 N–H and O–H groups in total. The maximum Gasteiger partial charge on any atom is 0.128 e. The quantitative estimate of drug-likeness (QED) is 0.864. The molecule has 2 fully saturated rings. The third-order valence-corrected chi connectivity index (χ3v) is 4.01. The molecule has 0 radical (unpaired) electrons. The van der Waals surface area contributed by atoms with Crippen LogP contribution < -0.4 is 5.32 Å². The van der Waals surface area contributed by atoms with Gasteiger partial charge in [-0.25, -0.2) is 9.97 Å². The molecule has 1 aliphatic carbocycles. The predicted octanol–water partition coefficient (Wildman–Crippen LogP) is 2.29. The summed E-state index contributed by atoms with van der Waals surface area (Å²) in [4.78, 5) is 9.00. The van der Waals surface area contributed by atoms with E-state index in [1.165, 1.54) is 50.8 Å². The van der Waals surface area contributed by atoms with Crippen LogP contribution in [0.2, 0.25) is 0 Å². The Morgan fingerprint density at radius 1 is 1.06 bits per heavy atom. The fourth-order valence-electron chi connectivity index (χ4n) is 2.62. The highest BCUT2D eigenvalue weighted by molar-refractivity contribution is 5.17. The number of nitrogens with zero attached hydrogens (tertiary/aromatic N) is 2. The van der Waals surface area contributed by atoms with Crippen molar-refractivity contribution in [3.8, 4) is 0 Å². The Kier molecular flexibility index (Phi) is 3.36. The van der Waals surface area contributed by atoms with Crippen LogP contribution in [0.5, 0.6) is 0 Å². The third kappa shape index (κ3) is 3.03. The van der Waals surface area contributed by atoms with Crippen LogP contribution in [0.3, 0.4) is 0 Å². The van der Waals surface area contributed by atoms with Crippen molar-refractivity contribution in [2.24, 2.45) is 5.92 Å². The zero-order valence-electron chi connectivity index (χ0n) is 10.4. The SMILES string of the molecule is c1nc(CCC2CCNCC2)ncc1C1CC1. The average molecular weight is 231 g/mol. The minimum Gasteiger partial charge on any atom is -0.317 e. The van der Waals surface area contributed by atoms with Crippen LogP contribution in [0.15, 0.2) is 12.4 Å². The van der Waals surface area contributed by atoms with Crippen LogP contribution >= 0.6 is 0 Å². The Hall–Kier alpha value is -0.960. The molecule has 3 rings (SSSR count). The average Bonchev–Trinajstić information content (AvgIpc) is 3.23. The van der Waals surface area contributed by atoms with E-state index in [9.17, 15) is 0 Å². The van der Waals surface area contributed by atoms with Crippen LogP contribution in [0, 0.1) is 5.92 Å². The molecule has 1 aromatic heterocycles. The smallest absolute Gasteiger partial charge is 0.128 e. The van der Waals surface area contributed by atoms with Crippen molar-refractivity contribution >= 4 is 0 Å². The lowest BCUT2D eigenvalue weighted by molar-refractivity contribution is 0.352. The topological polar surface area (TPSA) is 37.8 Å². The monoisotopic (exact) mass is 231 g/mol. The molecule has 3 heteroatoms. The lowest BCUT2D eigenvalue weighted by atomic mass is 9.93. The Morgan fingerprint density at radius 2 is 1.76 bits per heavy atom. The molecule has 1 saturated carbocycles. The van der Waals surface area contributed by atoms with E-state index in [-0.39, 0.29) is 0 Å². The maximum atomic E-state index is 4.50. The molecular weight excluding hydrogens is 210 g/mol. The largest absolute Gasteiger partial charge is 0.317 e. The molecule has 0 spiro atoms. The number of rotatable bonds is 4.